The van der Waals surface area contributed by atoms with Crippen LogP contribution < -0.4 is 5.73 Å². The number of hydrogen-bond acceptors (Lipinski definition) is 4. The maximum atomic E-state index is 12.7. The first-order valence-electron chi connectivity index (χ1n) is 9.19. The molecule has 1 aromatic carbocycles. The minimum Gasteiger partial charge on any atom is -0.372 e. The van der Waals surface area contributed by atoms with Crippen LogP contribution in [-0.2, 0) is 11.3 Å². The third-order valence-corrected chi connectivity index (χ3v) is 5.61. The number of guanidine groups is 1. The van der Waals surface area contributed by atoms with Gasteiger partial charge in [-0.25, -0.2) is 4.99 Å². The predicted octanol–water partition coefficient (Wildman–Crippen LogP) is 2.42. The molecule has 2 saturated heterocycles. The van der Waals surface area contributed by atoms with E-state index in [9.17, 15) is 4.79 Å². The molecule has 6 nitrogen and oxygen atoms in total. The Balaban J connectivity index is 0.00000261. The maximum Gasteiger partial charge on any atom is 0.254 e. The number of aliphatic imine (C=N–C) groups is 1. The summed E-state index contributed by atoms with van der Waals surface area (Å²) in [7, 11) is 0. The van der Waals surface area contributed by atoms with Crippen molar-refractivity contribution in [2.24, 2.45) is 10.7 Å². The minimum absolute atomic E-state index is 0. The molecular formula is C19H29IN4O2S. The van der Waals surface area contributed by atoms with Gasteiger partial charge in [-0.1, -0.05) is 12.1 Å². The highest BCUT2D eigenvalue weighted by Crippen LogP contribution is 2.15. The van der Waals surface area contributed by atoms with E-state index in [1.807, 2.05) is 54.8 Å². The summed E-state index contributed by atoms with van der Waals surface area (Å²) in [6, 6.07) is 7.68. The van der Waals surface area contributed by atoms with Crippen LogP contribution in [-0.4, -0.2) is 71.6 Å². The Kier molecular flexibility index (Phi) is 8.68. The standard InChI is InChI=1S/C19H28N4O2S.HI/c1-14-12-23(13-15(2)25-14)18(24)17-5-3-16(4-6-17)11-21-19(20)22-7-9-26-10-8-22;/h3-6,14-15H,7-13H2,1-2H3,(H2,20,21);1H. The lowest BCUT2D eigenvalue weighted by molar-refractivity contribution is -0.0586. The summed E-state index contributed by atoms with van der Waals surface area (Å²) in [4.78, 5) is 21.2. The predicted molar refractivity (Wildman–Crippen MR) is 122 cm³/mol. The molecule has 3 rings (SSSR count). The summed E-state index contributed by atoms with van der Waals surface area (Å²) in [6.07, 6.45) is 0.153. The lowest BCUT2D eigenvalue weighted by Crippen LogP contribution is -2.48. The second kappa shape index (κ2) is 10.5. The van der Waals surface area contributed by atoms with Gasteiger partial charge in [-0.3, -0.25) is 4.79 Å². The molecule has 0 bridgehead atoms. The molecule has 2 aliphatic heterocycles. The number of carbonyl (C=O) groups is 1. The number of ether oxygens (including phenoxy) is 1. The molecule has 0 saturated carbocycles. The zero-order chi connectivity index (χ0) is 18.5. The van der Waals surface area contributed by atoms with Crippen LogP contribution in [0.5, 0.6) is 0 Å². The fraction of sp³-hybridized carbons (Fsp3) is 0.579. The van der Waals surface area contributed by atoms with Crippen molar-refractivity contribution in [1.82, 2.24) is 9.80 Å². The molecule has 0 aromatic heterocycles. The smallest absolute Gasteiger partial charge is 0.254 e. The molecule has 0 radical (unpaired) electrons. The zero-order valence-corrected chi connectivity index (χ0v) is 19.1. The van der Waals surface area contributed by atoms with Crippen molar-refractivity contribution in [3.63, 3.8) is 0 Å². The van der Waals surface area contributed by atoms with Gasteiger partial charge in [-0.2, -0.15) is 11.8 Å². The number of hydrogen-bond donors (Lipinski definition) is 1. The molecule has 1 amide bonds. The van der Waals surface area contributed by atoms with Gasteiger partial charge in [0.25, 0.3) is 5.91 Å². The van der Waals surface area contributed by atoms with E-state index in [1.165, 1.54) is 0 Å². The molecule has 1 aromatic rings. The van der Waals surface area contributed by atoms with Crippen molar-refractivity contribution < 1.29 is 9.53 Å². The van der Waals surface area contributed by atoms with E-state index in [1.54, 1.807) is 0 Å². The Morgan fingerprint density at radius 1 is 1.15 bits per heavy atom. The first-order valence-corrected chi connectivity index (χ1v) is 10.3. The lowest BCUT2D eigenvalue weighted by atomic mass is 10.1. The summed E-state index contributed by atoms with van der Waals surface area (Å²) in [6.45, 7) is 7.74. The average Bonchev–Trinajstić information content (AvgIpc) is 2.66. The van der Waals surface area contributed by atoms with Gasteiger partial charge in [-0.05, 0) is 31.5 Å². The molecule has 2 fully saturated rings. The largest absolute Gasteiger partial charge is 0.372 e. The molecule has 2 atom stereocenters. The zero-order valence-electron chi connectivity index (χ0n) is 16.0. The van der Waals surface area contributed by atoms with Crippen LogP contribution >= 0.6 is 35.7 Å². The Hall–Kier alpha value is -1.000. The number of morpholine rings is 1. The third-order valence-electron chi connectivity index (χ3n) is 4.67. The van der Waals surface area contributed by atoms with Crippen molar-refractivity contribution in [1.29, 1.82) is 0 Å². The molecule has 2 unspecified atom stereocenters. The summed E-state index contributed by atoms with van der Waals surface area (Å²) < 4.78 is 5.70. The lowest BCUT2D eigenvalue weighted by Gasteiger charge is -2.35. The Labute approximate surface area is 182 Å². The first kappa shape index (κ1) is 22.3. The highest BCUT2D eigenvalue weighted by atomic mass is 127. The van der Waals surface area contributed by atoms with Gasteiger partial charge in [0.2, 0.25) is 0 Å². The van der Waals surface area contributed by atoms with Crippen LogP contribution in [0.25, 0.3) is 0 Å². The van der Waals surface area contributed by atoms with E-state index in [2.05, 4.69) is 9.89 Å². The van der Waals surface area contributed by atoms with Gasteiger partial charge < -0.3 is 20.3 Å². The quantitative estimate of drug-likeness (QED) is 0.389. The summed E-state index contributed by atoms with van der Waals surface area (Å²) >= 11 is 1.95. The van der Waals surface area contributed by atoms with E-state index in [0.717, 1.165) is 30.2 Å². The summed E-state index contributed by atoms with van der Waals surface area (Å²) in [5.41, 5.74) is 7.86. The van der Waals surface area contributed by atoms with Crippen molar-refractivity contribution in [2.45, 2.75) is 32.6 Å². The van der Waals surface area contributed by atoms with Gasteiger partial charge in [0, 0.05) is 43.2 Å². The summed E-state index contributed by atoms with van der Waals surface area (Å²) in [5.74, 6) is 2.88. The Morgan fingerprint density at radius 2 is 1.74 bits per heavy atom. The second-order valence-corrected chi connectivity index (χ2v) is 8.16. The number of benzene rings is 1. The highest BCUT2D eigenvalue weighted by molar-refractivity contribution is 14.0. The number of nitrogens with two attached hydrogens (primary N) is 1. The van der Waals surface area contributed by atoms with Gasteiger partial charge >= 0.3 is 0 Å². The number of amides is 1. The van der Waals surface area contributed by atoms with E-state index < -0.39 is 0 Å². The van der Waals surface area contributed by atoms with Crippen LogP contribution in [0.1, 0.15) is 29.8 Å². The van der Waals surface area contributed by atoms with E-state index in [-0.39, 0.29) is 42.1 Å². The van der Waals surface area contributed by atoms with Gasteiger partial charge in [-0.15, -0.1) is 24.0 Å². The SMILES string of the molecule is CC1CN(C(=O)c2ccc(CN=C(N)N3CCSCC3)cc2)CC(C)O1.I. The fourth-order valence-corrected chi connectivity index (χ4v) is 4.25. The number of carbonyl (C=O) groups excluding carboxylic acids is 1. The number of nitrogens with zero attached hydrogens (tertiary/aromatic N) is 3. The number of rotatable bonds is 3. The fourth-order valence-electron chi connectivity index (χ4n) is 3.34. The summed E-state index contributed by atoms with van der Waals surface area (Å²) in [5, 5.41) is 0. The van der Waals surface area contributed by atoms with Crippen molar-refractivity contribution in [2.75, 3.05) is 37.7 Å². The van der Waals surface area contributed by atoms with Gasteiger partial charge in [0.15, 0.2) is 5.96 Å². The molecule has 8 heteroatoms. The van der Waals surface area contributed by atoms with Crippen LogP contribution in [0.4, 0.5) is 0 Å². The Bertz CT molecular complexity index is 640. The highest BCUT2D eigenvalue weighted by Gasteiger charge is 2.26. The molecular weight excluding hydrogens is 475 g/mol. The van der Waals surface area contributed by atoms with Gasteiger partial charge in [0.1, 0.15) is 0 Å². The monoisotopic (exact) mass is 504 g/mol. The van der Waals surface area contributed by atoms with Crippen LogP contribution in [0, 0.1) is 0 Å². The molecule has 2 heterocycles. The minimum atomic E-state index is 0. The van der Waals surface area contributed by atoms with E-state index in [4.69, 9.17) is 10.5 Å². The topological polar surface area (TPSA) is 71.2 Å². The van der Waals surface area contributed by atoms with Gasteiger partial charge in [0.05, 0.1) is 18.8 Å². The average molecular weight is 504 g/mol. The van der Waals surface area contributed by atoms with Crippen molar-refractivity contribution in [3.8, 4) is 0 Å². The third kappa shape index (κ3) is 6.25. The second-order valence-electron chi connectivity index (χ2n) is 6.94. The molecule has 2 N–H and O–H groups in total. The molecule has 150 valence electrons. The van der Waals surface area contributed by atoms with Crippen molar-refractivity contribution >= 4 is 47.6 Å². The number of thioether (sulfide) groups is 1. The van der Waals surface area contributed by atoms with Crippen LogP contribution in [0.15, 0.2) is 29.3 Å². The molecule has 0 spiro atoms. The van der Waals surface area contributed by atoms with E-state index >= 15 is 0 Å². The van der Waals surface area contributed by atoms with Crippen LogP contribution in [0.3, 0.4) is 0 Å². The number of halogens is 1. The molecule has 2 aliphatic rings. The molecule has 27 heavy (non-hydrogen) atoms. The first-order chi connectivity index (χ1) is 12.5. The normalized spacial score (nSPS) is 23.7. The van der Waals surface area contributed by atoms with Crippen molar-refractivity contribution in [3.05, 3.63) is 35.4 Å². The van der Waals surface area contributed by atoms with Crippen LogP contribution in [0.2, 0.25) is 0 Å². The molecule has 0 aliphatic carbocycles. The Morgan fingerprint density at radius 3 is 2.33 bits per heavy atom. The maximum absolute atomic E-state index is 12.7. The van der Waals surface area contributed by atoms with E-state index in [0.29, 0.717) is 31.2 Å².